The van der Waals surface area contributed by atoms with Crippen molar-refractivity contribution >= 4 is 0 Å². The Morgan fingerprint density at radius 3 is 2.45 bits per heavy atom. The quantitative estimate of drug-likeness (QED) is 0.803. The molecule has 0 aromatic heterocycles. The fourth-order valence-electron chi connectivity index (χ4n) is 4.52. The lowest BCUT2D eigenvalue weighted by Gasteiger charge is -2.24. The van der Waals surface area contributed by atoms with Crippen molar-refractivity contribution in [1.29, 1.82) is 0 Å². The standard InChI is InChI=1S/C19H29N/c1-4-13-10-11-14(5-2)17(12-13)19(20-6-3)18-15-8-7-9-16(15)18/h10-12,15-16,18-20H,4-9H2,1-3H3. The van der Waals surface area contributed by atoms with E-state index >= 15 is 0 Å². The molecule has 3 rings (SSSR count). The van der Waals surface area contributed by atoms with Crippen LogP contribution in [0.4, 0.5) is 0 Å². The molecule has 0 aliphatic heterocycles. The molecule has 1 nitrogen and oxygen atoms in total. The highest BCUT2D eigenvalue weighted by atomic mass is 14.9. The minimum atomic E-state index is 0.608. The van der Waals surface area contributed by atoms with Crippen LogP contribution in [0.15, 0.2) is 18.2 Å². The number of benzene rings is 1. The second-order valence-electron chi connectivity index (χ2n) is 6.61. The van der Waals surface area contributed by atoms with Gasteiger partial charge in [0, 0.05) is 6.04 Å². The molecule has 0 amide bonds. The maximum Gasteiger partial charge on any atom is 0.0356 e. The smallest absolute Gasteiger partial charge is 0.0356 e. The van der Waals surface area contributed by atoms with Crippen LogP contribution in [0.1, 0.15) is 62.8 Å². The average molecular weight is 271 g/mol. The van der Waals surface area contributed by atoms with Crippen molar-refractivity contribution in [3.63, 3.8) is 0 Å². The summed E-state index contributed by atoms with van der Waals surface area (Å²) >= 11 is 0. The van der Waals surface area contributed by atoms with Crippen LogP contribution in [-0.2, 0) is 12.8 Å². The molecule has 3 atom stereocenters. The average Bonchev–Trinajstić information content (AvgIpc) is 2.94. The highest BCUT2D eigenvalue weighted by molar-refractivity contribution is 5.36. The Morgan fingerprint density at radius 1 is 1.10 bits per heavy atom. The third-order valence-electron chi connectivity index (χ3n) is 5.62. The van der Waals surface area contributed by atoms with Gasteiger partial charge in [-0.1, -0.05) is 45.4 Å². The van der Waals surface area contributed by atoms with Gasteiger partial charge < -0.3 is 5.32 Å². The van der Waals surface area contributed by atoms with Gasteiger partial charge in [0.1, 0.15) is 0 Å². The Bertz CT molecular complexity index is 455. The van der Waals surface area contributed by atoms with Crippen LogP contribution in [0.3, 0.4) is 0 Å². The van der Waals surface area contributed by atoms with E-state index in [1.54, 1.807) is 11.1 Å². The Morgan fingerprint density at radius 2 is 1.85 bits per heavy atom. The van der Waals surface area contributed by atoms with E-state index in [1.165, 1.54) is 24.8 Å². The summed E-state index contributed by atoms with van der Waals surface area (Å²) in [7, 11) is 0. The lowest BCUT2D eigenvalue weighted by atomic mass is 9.90. The normalized spacial score (nSPS) is 29.2. The summed E-state index contributed by atoms with van der Waals surface area (Å²) in [5.41, 5.74) is 4.65. The Labute approximate surface area is 124 Å². The third kappa shape index (κ3) is 2.41. The van der Waals surface area contributed by atoms with E-state index in [1.807, 2.05) is 0 Å². The summed E-state index contributed by atoms with van der Waals surface area (Å²) in [6.07, 6.45) is 6.73. The molecule has 1 aromatic rings. The molecular weight excluding hydrogens is 242 g/mol. The van der Waals surface area contributed by atoms with Gasteiger partial charge in [-0.15, -0.1) is 0 Å². The van der Waals surface area contributed by atoms with Gasteiger partial charge in [0.05, 0.1) is 0 Å². The van der Waals surface area contributed by atoms with E-state index in [0.29, 0.717) is 6.04 Å². The molecule has 2 aliphatic rings. The van der Waals surface area contributed by atoms with Gasteiger partial charge in [0.25, 0.3) is 0 Å². The zero-order valence-corrected chi connectivity index (χ0v) is 13.3. The largest absolute Gasteiger partial charge is 0.310 e. The van der Waals surface area contributed by atoms with E-state index in [-0.39, 0.29) is 0 Å². The van der Waals surface area contributed by atoms with E-state index in [9.17, 15) is 0 Å². The van der Waals surface area contributed by atoms with Gasteiger partial charge in [-0.3, -0.25) is 0 Å². The van der Waals surface area contributed by atoms with Gasteiger partial charge in [-0.2, -0.15) is 0 Å². The molecule has 2 aliphatic carbocycles. The first-order valence-electron chi connectivity index (χ1n) is 8.65. The van der Waals surface area contributed by atoms with Crippen molar-refractivity contribution in [3.05, 3.63) is 34.9 Å². The second kappa shape index (κ2) is 5.89. The maximum absolute atomic E-state index is 3.82. The molecule has 20 heavy (non-hydrogen) atoms. The van der Waals surface area contributed by atoms with Gasteiger partial charge in [0.2, 0.25) is 0 Å². The predicted molar refractivity (Wildman–Crippen MR) is 85.9 cm³/mol. The SMILES string of the molecule is CCNC(c1cc(CC)ccc1CC)C1C2CCCC21. The summed E-state index contributed by atoms with van der Waals surface area (Å²) in [6.45, 7) is 7.89. The number of rotatable bonds is 6. The van der Waals surface area contributed by atoms with E-state index in [4.69, 9.17) is 0 Å². The van der Waals surface area contributed by atoms with Crippen LogP contribution in [0, 0.1) is 17.8 Å². The van der Waals surface area contributed by atoms with E-state index < -0.39 is 0 Å². The lowest BCUT2D eigenvalue weighted by molar-refractivity contribution is 0.423. The summed E-state index contributed by atoms with van der Waals surface area (Å²) in [5, 5.41) is 3.82. The van der Waals surface area contributed by atoms with Crippen molar-refractivity contribution in [2.45, 2.75) is 58.9 Å². The van der Waals surface area contributed by atoms with Crippen LogP contribution in [0.5, 0.6) is 0 Å². The van der Waals surface area contributed by atoms with Crippen molar-refractivity contribution in [1.82, 2.24) is 5.32 Å². The molecule has 0 radical (unpaired) electrons. The minimum Gasteiger partial charge on any atom is -0.310 e. The molecule has 110 valence electrons. The third-order valence-corrected chi connectivity index (χ3v) is 5.62. The van der Waals surface area contributed by atoms with Crippen molar-refractivity contribution in [3.8, 4) is 0 Å². The van der Waals surface area contributed by atoms with Gasteiger partial charge >= 0.3 is 0 Å². The monoisotopic (exact) mass is 271 g/mol. The number of hydrogen-bond donors (Lipinski definition) is 1. The van der Waals surface area contributed by atoms with Crippen molar-refractivity contribution < 1.29 is 0 Å². The molecule has 3 unspecified atom stereocenters. The van der Waals surface area contributed by atoms with Crippen LogP contribution in [0.25, 0.3) is 0 Å². The molecule has 0 bridgehead atoms. The van der Waals surface area contributed by atoms with Crippen LogP contribution in [-0.4, -0.2) is 6.54 Å². The van der Waals surface area contributed by atoms with Crippen LogP contribution >= 0.6 is 0 Å². The lowest BCUT2D eigenvalue weighted by Crippen LogP contribution is -2.25. The van der Waals surface area contributed by atoms with Gasteiger partial charge in [0.15, 0.2) is 0 Å². The first-order chi connectivity index (χ1) is 9.80. The zero-order chi connectivity index (χ0) is 14.1. The fourth-order valence-corrected chi connectivity index (χ4v) is 4.52. The number of hydrogen-bond acceptors (Lipinski definition) is 1. The Hall–Kier alpha value is -0.820. The molecule has 0 saturated heterocycles. The molecule has 2 fully saturated rings. The highest BCUT2D eigenvalue weighted by Gasteiger charge is 2.56. The predicted octanol–water partition coefficient (Wildman–Crippen LogP) is 4.51. The topological polar surface area (TPSA) is 12.0 Å². The van der Waals surface area contributed by atoms with Crippen LogP contribution in [0.2, 0.25) is 0 Å². The van der Waals surface area contributed by atoms with E-state index in [2.05, 4.69) is 44.3 Å². The number of aryl methyl sites for hydroxylation is 2. The van der Waals surface area contributed by atoms with Crippen molar-refractivity contribution in [2.75, 3.05) is 6.54 Å². The Kier molecular flexibility index (Phi) is 4.16. The molecule has 0 heterocycles. The Balaban J connectivity index is 1.90. The zero-order valence-electron chi connectivity index (χ0n) is 13.3. The van der Waals surface area contributed by atoms with Gasteiger partial charge in [-0.05, 0) is 66.7 Å². The molecule has 0 spiro atoms. The second-order valence-corrected chi connectivity index (χ2v) is 6.61. The summed E-state index contributed by atoms with van der Waals surface area (Å²) in [4.78, 5) is 0. The van der Waals surface area contributed by atoms with Gasteiger partial charge in [-0.25, -0.2) is 0 Å². The summed E-state index contributed by atoms with van der Waals surface area (Å²) in [5.74, 6) is 2.96. The molecular formula is C19H29N. The first-order valence-corrected chi connectivity index (χ1v) is 8.65. The highest BCUT2D eigenvalue weighted by Crippen LogP contribution is 2.62. The molecule has 1 aromatic carbocycles. The van der Waals surface area contributed by atoms with E-state index in [0.717, 1.165) is 37.1 Å². The number of fused-ring (bicyclic) bond motifs is 1. The molecule has 2 saturated carbocycles. The fraction of sp³-hybridized carbons (Fsp3) is 0.684. The molecule has 1 N–H and O–H groups in total. The van der Waals surface area contributed by atoms with Crippen molar-refractivity contribution in [2.24, 2.45) is 17.8 Å². The number of nitrogens with one attached hydrogen (secondary N) is 1. The van der Waals surface area contributed by atoms with Crippen LogP contribution < -0.4 is 5.32 Å². The maximum atomic E-state index is 3.82. The molecule has 1 heteroatoms. The summed E-state index contributed by atoms with van der Waals surface area (Å²) < 4.78 is 0. The summed E-state index contributed by atoms with van der Waals surface area (Å²) in [6, 6.07) is 7.78. The minimum absolute atomic E-state index is 0.608. The first kappa shape index (κ1) is 14.1.